The molecule has 0 aromatic rings. The lowest BCUT2D eigenvalue weighted by Gasteiger charge is -2.49. The molecular formula is C16H33N3. The van der Waals surface area contributed by atoms with Crippen molar-refractivity contribution in [2.45, 2.75) is 62.9 Å². The smallest absolute Gasteiger partial charge is 0.0330 e. The number of rotatable bonds is 6. The molecule has 0 aromatic carbocycles. The molecule has 0 saturated heterocycles. The molecule has 2 fully saturated rings. The van der Waals surface area contributed by atoms with Crippen LogP contribution < -0.4 is 5.73 Å². The molecule has 0 bridgehead atoms. The van der Waals surface area contributed by atoms with Crippen LogP contribution in [-0.2, 0) is 0 Å². The highest BCUT2D eigenvalue weighted by Crippen LogP contribution is 2.36. The minimum Gasteiger partial charge on any atom is -0.326 e. The van der Waals surface area contributed by atoms with Gasteiger partial charge < -0.3 is 15.5 Å². The maximum atomic E-state index is 6.45. The highest BCUT2D eigenvalue weighted by Gasteiger charge is 2.40. The summed E-state index contributed by atoms with van der Waals surface area (Å²) in [5.74, 6) is 0.771. The van der Waals surface area contributed by atoms with E-state index >= 15 is 0 Å². The molecule has 3 nitrogen and oxygen atoms in total. The van der Waals surface area contributed by atoms with Gasteiger partial charge in [-0.25, -0.2) is 0 Å². The molecule has 1 unspecified atom stereocenters. The van der Waals surface area contributed by atoms with Crippen LogP contribution in [0.15, 0.2) is 0 Å². The predicted octanol–water partition coefficient (Wildman–Crippen LogP) is 2.31. The number of nitrogens with two attached hydrogens (primary N) is 1. The average Bonchev–Trinajstić information content (AvgIpc) is 2.34. The maximum Gasteiger partial charge on any atom is 0.0330 e. The topological polar surface area (TPSA) is 32.5 Å². The van der Waals surface area contributed by atoms with E-state index in [1.165, 1.54) is 57.9 Å². The van der Waals surface area contributed by atoms with Crippen LogP contribution in [0.2, 0.25) is 0 Å². The van der Waals surface area contributed by atoms with Gasteiger partial charge in [0.05, 0.1) is 0 Å². The van der Waals surface area contributed by atoms with Gasteiger partial charge in [-0.2, -0.15) is 0 Å². The first-order valence-corrected chi connectivity index (χ1v) is 8.15. The van der Waals surface area contributed by atoms with Crippen molar-refractivity contribution in [2.75, 3.05) is 34.2 Å². The molecule has 112 valence electrons. The minimum atomic E-state index is 0.379. The summed E-state index contributed by atoms with van der Waals surface area (Å²) < 4.78 is 0. The van der Waals surface area contributed by atoms with E-state index in [1.807, 2.05) is 0 Å². The highest BCUT2D eigenvalue weighted by molar-refractivity contribution is 4.98. The lowest BCUT2D eigenvalue weighted by atomic mass is 9.75. The van der Waals surface area contributed by atoms with E-state index in [0.29, 0.717) is 11.6 Å². The van der Waals surface area contributed by atoms with Crippen molar-refractivity contribution in [2.24, 2.45) is 11.7 Å². The van der Waals surface area contributed by atoms with Crippen molar-refractivity contribution < 1.29 is 0 Å². The Balaban J connectivity index is 1.78. The fourth-order valence-electron chi connectivity index (χ4n) is 3.97. The van der Waals surface area contributed by atoms with Gasteiger partial charge in [-0.1, -0.05) is 19.3 Å². The Labute approximate surface area is 119 Å². The Morgan fingerprint density at radius 3 is 2.16 bits per heavy atom. The SMILES string of the molecule is CN(CC(N)C1CCCCC1)CC1(N(C)C)CCC1. The van der Waals surface area contributed by atoms with Crippen LogP contribution in [0.1, 0.15) is 51.4 Å². The molecule has 2 rings (SSSR count). The fourth-order valence-corrected chi connectivity index (χ4v) is 3.97. The Kier molecular flexibility index (Phi) is 5.27. The normalized spacial score (nSPS) is 25.6. The summed E-state index contributed by atoms with van der Waals surface area (Å²) in [5, 5.41) is 0. The third kappa shape index (κ3) is 3.71. The zero-order valence-electron chi connectivity index (χ0n) is 13.2. The monoisotopic (exact) mass is 267 g/mol. The Hall–Kier alpha value is -0.120. The number of hydrogen-bond donors (Lipinski definition) is 1. The summed E-state index contributed by atoms with van der Waals surface area (Å²) in [6, 6.07) is 0.379. The minimum absolute atomic E-state index is 0.379. The van der Waals surface area contributed by atoms with E-state index in [-0.39, 0.29) is 0 Å². The molecule has 2 saturated carbocycles. The van der Waals surface area contributed by atoms with Gasteiger partial charge in [0.2, 0.25) is 0 Å². The summed E-state index contributed by atoms with van der Waals surface area (Å²) in [6.07, 6.45) is 11.0. The number of nitrogens with zero attached hydrogens (tertiary/aromatic N) is 2. The summed E-state index contributed by atoms with van der Waals surface area (Å²) in [6.45, 7) is 2.25. The molecule has 2 N–H and O–H groups in total. The van der Waals surface area contributed by atoms with Crippen LogP contribution in [0.5, 0.6) is 0 Å². The van der Waals surface area contributed by atoms with Crippen molar-refractivity contribution in [3.8, 4) is 0 Å². The highest BCUT2D eigenvalue weighted by atomic mass is 15.2. The molecule has 0 heterocycles. The van der Waals surface area contributed by atoms with Gasteiger partial charge in [0.25, 0.3) is 0 Å². The predicted molar refractivity (Wildman–Crippen MR) is 82.3 cm³/mol. The molecule has 3 heteroatoms. The third-order valence-electron chi connectivity index (χ3n) is 5.58. The van der Waals surface area contributed by atoms with Crippen molar-refractivity contribution in [1.82, 2.24) is 9.80 Å². The largest absolute Gasteiger partial charge is 0.326 e. The lowest BCUT2D eigenvalue weighted by molar-refractivity contribution is 0.0245. The van der Waals surface area contributed by atoms with E-state index in [1.54, 1.807) is 0 Å². The Morgan fingerprint density at radius 2 is 1.68 bits per heavy atom. The second kappa shape index (κ2) is 6.55. The van der Waals surface area contributed by atoms with Gasteiger partial charge in [0.15, 0.2) is 0 Å². The van der Waals surface area contributed by atoms with Crippen LogP contribution >= 0.6 is 0 Å². The van der Waals surface area contributed by atoms with Gasteiger partial charge in [-0.15, -0.1) is 0 Å². The standard InChI is InChI=1S/C16H33N3/c1-18(2)16(10-7-11-16)13-19(3)12-15(17)14-8-5-4-6-9-14/h14-15H,4-13,17H2,1-3H3. The second-order valence-electron chi connectivity index (χ2n) is 7.23. The average molecular weight is 267 g/mol. The van der Waals surface area contributed by atoms with E-state index in [4.69, 9.17) is 5.73 Å². The summed E-state index contributed by atoms with van der Waals surface area (Å²) in [4.78, 5) is 4.91. The molecule has 0 aliphatic heterocycles. The van der Waals surface area contributed by atoms with Crippen LogP contribution in [0.3, 0.4) is 0 Å². The van der Waals surface area contributed by atoms with Gasteiger partial charge in [-0.3, -0.25) is 0 Å². The van der Waals surface area contributed by atoms with Crippen LogP contribution in [0.25, 0.3) is 0 Å². The second-order valence-corrected chi connectivity index (χ2v) is 7.23. The molecule has 2 aliphatic carbocycles. The number of likely N-dealkylation sites (N-methyl/N-ethyl adjacent to an activating group) is 2. The first kappa shape index (κ1) is 15.3. The van der Waals surface area contributed by atoms with E-state index in [2.05, 4.69) is 30.9 Å². The van der Waals surface area contributed by atoms with Crippen molar-refractivity contribution in [1.29, 1.82) is 0 Å². The van der Waals surface area contributed by atoms with Crippen LogP contribution in [0, 0.1) is 5.92 Å². The zero-order valence-corrected chi connectivity index (χ0v) is 13.2. The van der Waals surface area contributed by atoms with E-state index < -0.39 is 0 Å². The quantitative estimate of drug-likeness (QED) is 0.801. The maximum absolute atomic E-state index is 6.45. The molecular weight excluding hydrogens is 234 g/mol. The Bertz CT molecular complexity index is 267. The third-order valence-corrected chi connectivity index (χ3v) is 5.58. The van der Waals surface area contributed by atoms with Crippen LogP contribution in [-0.4, -0.2) is 55.6 Å². The van der Waals surface area contributed by atoms with E-state index in [9.17, 15) is 0 Å². The molecule has 2 aliphatic rings. The molecule has 0 radical (unpaired) electrons. The van der Waals surface area contributed by atoms with E-state index in [0.717, 1.165) is 12.5 Å². The first-order valence-electron chi connectivity index (χ1n) is 8.15. The number of hydrogen-bond acceptors (Lipinski definition) is 3. The Morgan fingerprint density at radius 1 is 1.05 bits per heavy atom. The van der Waals surface area contributed by atoms with Crippen molar-refractivity contribution in [3.05, 3.63) is 0 Å². The summed E-state index contributed by atoms with van der Waals surface area (Å²) in [5.41, 5.74) is 6.88. The lowest BCUT2D eigenvalue weighted by Crippen LogP contribution is -2.58. The van der Waals surface area contributed by atoms with Crippen LogP contribution in [0.4, 0.5) is 0 Å². The molecule has 0 amide bonds. The summed E-state index contributed by atoms with van der Waals surface area (Å²) >= 11 is 0. The zero-order chi connectivity index (χ0) is 13.9. The molecule has 19 heavy (non-hydrogen) atoms. The first-order chi connectivity index (χ1) is 9.03. The van der Waals surface area contributed by atoms with Gasteiger partial charge in [-0.05, 0) is 59.2 Å². The fraction of sp³-hybridized carbons (Fsp3) is 1.00. The van der Waals surface area contributed by atoms with Crippen molar-refractivity contribution >= 4 is 0 Å². The van der Waals surface area contributed by atoms with Crippen molar-refractivity contribution in [3.63, 3.8) is 0 Å². The molecule has 0 aromatic heterocycles. The molecule has 0 spiro atoms. The summed E-state index contributed by atoms with van der Waals surface area (Å²) in [7, 11) is 6.72. The van der Waals surface area contributed by atoms with Gasteiger partial charge >= 0.3 is 0 Å². The molecule has 1 atom stereocenters. The van der Waals surface area contributed by atoms with Gasteiger partial charge in [0, 0.05) is 24.7 Å². The van der Waals surface area contributed by atoms with Gasteiger partial charge in [0.1, 0.15) is 0 Å².